The number of rotatable bonds is 3. The number of hydrogen-bond donors (Lipinski definition) is 0. The van der Waals surface area contributed by atoms with Crippen molar-refractivity contribution in [1.29, 1.82) is 0 Å². The highest BCUT2D eigenvalue weighted by Gasteiger charge is 2.18. The highest BCUT2D eigenvalue weighted by atomic mass is 15.3. The Kier molecular flexibility index (Phi) is 5.49. The summed E-state index contributed by atoms with van der Waals surface area (Å²) >= 11 is 0. The van der Waals surface area contributed by atoms with Crippen LogP contribution in [0.5, 0.6) is 0 Å². The van der Waals surface area contributed by atoms with Gasteiger partial charge in [0.2, 0.25) is 0 Å². The molecule has 0 aliphatic carbocycles. The number of aryl methyl sites for hydroxylation is 3. The fourth-order valence-electron chi connectivity index (χ4n) is 4.22. The van der Waals surface area contributed by atoms with Crippen molar-refractivity contribution in [2.24, 2.45) is 0 Å². The molecule has 1 aliphatic heterocycles. The molecule has 1 aromatic heterocycles. The number of fused-ring (bicyclic) bond motifs is 2. The third-order valence-electron chi connectivity index (χ3n) is 5.79. The Morgan fingerprint density at radius 3 is 2.36 bits per heavy atom. The summed E-state index contributed by atoms with van der Waals surface area (Å²) in [6, 6.07) is 17.6. The van der Waals surface area contributed by atoms with Crippen LogP contribution in [0.25, 0.3) is 0 Å². The molecule has 4 nitrogen and oxygen atoms in total. The van der Waals surface area contributed by atoms with E-state index in [1.165, 1.54) is 28.1 Å². The van der Waals surface area contributed by atoms with Crippen LogP contribution >= 0.6 is 0 Å². The van der Waals surface area contributed by atoms with Crippen LogP contribution in [0.1, 0.15) is 35.7 Å². The van der Waals surface area contributed by atoms with Crippen LogP contribution in [0.2, 0.25) is 0 Å². The molecule has 0 radical (unpaired) electrons. The van der Waals surface area contributed by atoms with Gasteiger partial charge in [0.1, 0.15) is 0 Å². The van der Waals surface area contributed by atoms with Crippen LogP contribution in [0.15, 0.2) is 54.7 Å². The number of aromatic nitrogens is 2. The first-order valence-electron chi connectivity index (χ1n) is 10.3. The monoisotopic (exact) mass is 374 g/mol. The fourth-order valence-corrected chi connectivity index (χ4v) is 4.22. The van der Waals surface area contributed by atoms with Crippen molar-refractivity contribution in [1.82, 2.24) is 14.7 Å². The van der Waals surface area contributed by atoms with Gasteiger partial charge in [-0.2, -0.15) is 5.10 Å². The van der Waals surface area contributed by atoms with E-state index >= 15 is 0 Å². The summed E-state index contributed by atoms with van der Waals surface area (Å²) in [5.74, 6) is 0. The Hall–Kier alpha value is -2.59. The lowest BCUT2D eigenvalue weighted by Crippen LogP contribution is -2.27. The molecule has 2 heterocycles. The number of para-hydroxylation sites is 2. The minimum atomic E-state index is 0.922. The highest BCUT2D eigenvalue weighted by Crippen LogP contribution is 2.32. The largest absolute Gasteiger partial charge is 0.344 e. The van der Waals surface area contributed by atoms with Crippen molar-refractivity contribution in [2.45, 2.75) is 46.3 Å². The standard InChI is InChI=1S/C24H30N4/c1-4-28-18-22(19(2)25-28)17-27-15-9-12-20-10-5-7-13-23(20)26(3)24-14-8-6-11-21(24)16-27/h5-8,10-11,13-14,18H,4,9,12,15-17H2,1-3H3. The summed E-state index contributed by atoms with van der Waals surface area (Å²) in [5, 5.41) is 4.64. The average molecular weight is 375 g/mol. The predicted octanol–water partition coefficient (Wildman–Crippen LogP) is 4.93. The molecule has 3 aromatic rings. The van der Waals surface area contributed by atoms with Gasteiger partial charge in [-0.1, -0.05) is 36.4 Å². The molecule has 4 rings (SSSR count). The van der Waals surface area contributed by atoms with Gasteiger partial charge >= 0.3 is 0 Å². The van der Waals surface area contributed by atoms with Gasteiger partial charge in [0.25, 0.3) is 0 Å². The van der Waals surface area contributed by atoms with Crippen LogP contribution in [0.3, 0.4) is 0 Å². The van der Waals surface area contributed by atoms with E-state index in [2.05, 4.69) is 90.5 Å². The van der Waals surface area contributed by atoms with Gasteiger partial charge in [0, 0.05) is 49.8 Å². The molecule has 28 heavy (non-hydrogen) atoms. The summed E-state index contributed by atoms with van der Waals surface area (Å²) in [6.45, 7) is 8.18. The van der Waals surface area contributed by atoms with Gasteiger partial charge < -0.3 is 4.90 Å². The smallest absolute Gasteiger partial charge is 0.0638 e. The predicted molar refractivity (Wildman–Crippen MR) is 116 cm³/mol. The van der Waals surface area contributed by atoms with Crippen LogP contribution in [0, 0.1) is 6.92 Å². The maximum Gasteiger partial charge on any atom is 0.0638 e. The first-order chi connectivity index (χ1) is 13.7. The highest BCUT2D eigenvalue weighted by molar-refractivity contribution is 5.68. The average Bonchev–Trinajstić information content (AvgIpc) is 3.07. The summed E-state index contributed by atoms with van der Waals surface area (Å²) in [7, 11) is 2.19. The second-order valence-corrected chi connectivity index (χ2v) is 7.73. The van der Waals surface area contributed by atoms with E-state index in [0.717, 1.165) is 44.7 Å². The Labute approximate surface area is 168 Å². The van der Waals surface area contributed by atoms with Crippen LogP contribution in [-0.4, -0.2) is 28.3 Å². The van der Waals surface area contributed by atoms with Crippen molar-refractivity contribution in [3.63, 3.8) is 0 Å². The normalized spacial score (nSPS) is 15.2. The Morgan fingerprint density at radius 2 is 1.64 bits per heavy atom. The maximum atomic E-state index is 4.64. The van der Waals surface area contributed by atoms with Crippen LogP contribution in [-0.2, 0) is 26.1 Å². The number of nitrogens with zero attached hydrogens (tertiary/aromatic N) is 4. The third-order valence-corrected chi connectivity index (χ3v) is 5.79. The van der Waals surface area contributed by atoms with E-state index in [-0.39, 0.29) is 0 Å². The van der Waals surface area contributed by atoms with E-state index in [4.69, 9.17) is 0 Å². The third kappa shape index (κ3) is 3.83. The molecule has 0 spiro atoms. The molecule has 0 bridgehead atoms. The maximum absolute atomic E-state index is 4.64. The molecule has 0 saturated heterocycles. The Bertz CT molecular complexity index is 943. The van der Waals surface area contributed by atoms with Crippen molar-refractivity contribution < 1.29 is 0 Å². The van der Waals surface area contributed by atoms with E-state index in [1.807, 2.05) is 4.68 Å². The van der Waals surface area contributed by atoms with Crippen molar-refractivity contribution in [2.75, 3.05) is 18.5 Å². The SMILES string of the molecule is CCn1cc(CN2CCCc3ccccc3N(C)c3ccccc3C2)c(C)n1. The lowest BCUT2D eigenvalue weighted by molar-refractivity contribution is 0.253. The summed E-state index contributed by atoms with van der Waals surface area (Å²) in [6.07, 6.45) is 4.47. The van der Waals surface area contributed by atoms with Gasteiger partial charge in [-0.25, -0.2) is 0 Å². The van der Waals surface area contributed by atoms with Crippen molar-refractivity contribution >= 4 is 11.4 Å². The number of benzene rings is 2. The van der Waals surface area contributed by atoms with E-state index in [9.17, 15) is 0 Å². The zero-order chi connectivity index (χ0) is 19.5. The lowest BCUT2D eigenvalue weighted by atomic mass is 10.0. The van der Waals surface area contributed by atoms with E-state index in [0.29, 0.717) is 0 Å². The molecular weight excluding hydrogens is 344 g/mol. The topological polar surface area (TPSA) is 24.3 Å². The second kappa shape index (κ2) is 8.19. The molecule has 2 aromatic carbocycles. The van der Waals surface area contributed by atoms with Crippen molar-refractivity contribution in [3.8, 4) is 0 Å². The van der Waals surface area contributed by atoms with Gasteiger partial charge in [-0.05, 0) is 56.5 Å². The molecule has 4 heteroatoms. The summed E-state index contributed by atoms with van der Waals surface area (Å²) in [5.41, 5.74) is 7.91. The van der Waals surface area contributed by atoms with Gasteiger partial charge in [0.15, 0.2) is 0 Å². The summed E-state index contributed by atoms with van der Waals surface area (Å²) in [4.78, 5) is 4.93. The molecule has 0 atom stereocenters. The van der Waals surface area contributed by atoms with Crippen LogP contribution in [0.4, 0.5) is 11.4 Å². The molecule has 1 aliphatic rings. The second-order valence-electron chi connectivity index (χ2n) is 7.73. The summed E-state index contributed by atoms with van der Waals surface area (Å²) < 4.78 is 2.05. The molecule has 0 unspecified atom stereocenters. The molecular formula is C24H30N4. The van der Waals surface area contributed by atoms with Gasteiger partial charge in [-0.15, -0.1) is 0 Å². The first-order valence-corrected chi connectivity index (χ1v) is 10.3. The molecule has 0 amide bonds. The molecule has 0 N–H and O–H groups in total. The Balaban J connectivity index is 1.67. The van der Waals surface area contributed by atoms with Crippen molar-refractivity contribution in [3.05, 3.63) is 77.1 Å². The number of anilines is 2. The van der Waals surface area contributed by atoms with E-state index in [1.54, 1.807) is 0 Å². The molecule has 146 valence electrons. The molecule has 0 saturated carbocycles. The van der Waals surface area contributed by atoms with Gasteiger partial charge in [-0.3, -0.25) is 9.58 Å². The van der Waals surface area contributed by atoms with Crippen LogP contribution < -0.4 is 4.90 Å². The zero-order valence-corrected chi connectivity index (χ0v) is 17.2. The first kappa shape index (κ1) is 18.8. The fraction of sp³-hybridized carbons (Fsp3) is 0.375. The van der Waals surface area contributed by atoms with Gasteiger partial charge in [0.05, 0.1) is 5.69 Å². The van der Waals surface area contributed by atoms with E-state index < -0.39 is 0 Å². The zero-order valence-electron chi connectivity index (χ0n) is 17.2. The minimum absolute atomic E-state index is 0.922. The quantitative estimate of drug-likeness (QED) is 0.650. The Morgan fingerprint density at radius 1 is 0.964 bits per heavy atom. The number of hydrogen-bond acceptors (Lipinski definition) is 3. The molecule has 0 fully saturated rings. The lowest BCUT2D eigenvalue weighted by Gasteiger charge is -2.30. The minimum Gasteiger partial charge on any atom is -0.344 e.